The van der Waals surface area contributed by atoms with Gasteiger partial charge in [-0.25, -0.2) is 0 Å². The van der Waals surface area contributed by atoms with Crippen molar-refractivity contribution in [3.05, 3.63) is 23.7 Å². The van der Waals surface area contributed by atoms with Crippen molar-refractivity contribution in [3.63, 3.8) is 0 Å². The molecule has 1 aromatic rings. The lowest BCUT2D eigenvalue weighted by Crippen LogP contribution is -2.61. The molecule has 0 bridgehead atoms. The first-order valence-electron chi connectivity index (χ1n) is 8.89. The van der Waals surface area contributed by atoms with Gasteiger partial charge in [-0.15, -0.1) is 0 Å². The molecule has 3 aliphatic rings. The summed E-state index contributed by atoms with van der Waals surface area (Å²) in [5.41, 5.74) is 0. The smallest absolute Gasteiger partial charge is 0.223 e. The van der Waals surface area contributed by atoms with E-state index < -0.39 is 0 Å². The van der Waals surface area contributed by atoms with Gasteiger partial charge in [-0.2, -0.15) is 0 Å². The molecule has 3 atom stereocenters. The minimum absolute atomic E-state index is 0.208. The molecule has 0 unspecified atom stereocenters. The Hall–Kier alpha value is -1.33. The number of carbonyl (C=O) groups is 1. The first-order chi connectivity index (χ1) is 11.2. The Morgan fingerprint density at radius 1 is 1.26 bits per heavy atom. The van der Waals surface area contributed by atoms with Crippen LogP contribution in [0.3, 0.4) is 0 Å². The van der Waals surface area contributed by atoms with Gasteiger partial charge in [-0.1, -0.05) is 0 Å². The number of hydrogen-bond donors (Lipinski definition) is 0. The molecule has 23 heavy (non-hydrogen) atoms. The van der Waals surface area contributed by atoms with Crippen LogP contribution in [0.4, 0.5) is 0 Å². The lowest BCUT2D eigenvalue weighted by molar-refractivity contribution is -0.145. The Morgan fingerprint density at radius 3 is 2.91 bits per heavy atom. The highest BCUT2D eigenvalue weighted by molar-refractivity contribution is 5.78. The molecule has 3 aliphatic heterocycles. The van der Waals surface area contributed by atoms with Crippen LogP contribution in [0.25, 0.3) is 0 Å². The summed E-state index contributed by atoms with van der Waals surface area (Å²) >= 11 is 0. The van der Waals surface area contributed by atoms with E-state index in [0.29, 0.717) is 18.2 Å². The molecule has 0 spiro atoms. The number of nitrogens with zero attached hydrogens (tertiary/aromatic N) is 2. The molecule has 0 aromatic carbocycles. The van der Waals surface area contributed by atoms with Crippen LogP contribution < -0.4 is 0 Å². The molecule has 0 radical (unpaired) electrons. The number of ether oxygens (including phenoxy) is 1. The van der Waals surface area contributed by atoms with Crippen molar-refractivity contribution in [2.24, 2.45) is 5.92 Å². The zero-order chi connectivity index (χ0) is 15.8. The summed E-state index contributed by atoms with van der Waals surface area (Å²) in [6.45, 7) is 6.49. The second-order valence-electron chi connectivity index (χ2n) is 7.20. The highest BCUT2D eigenvalue weighted by Crippen LogP contribution is 2.33. The standard InChI is InChI=1S/C18H26N2O3/c1-13-6-7-15(23-13)11-19-10-14-4-3-9-22-18(14)16(12-19)20-8-2-5-17(20)21/h6-7,14,16,18H,2-5,8-12H2,1H3/t14-,16+,18-/m0/s1. The molecule has 3 fully saturated rings. The maximum Gasteiger partial charge on any atom is 0.223 e. The van der Waals surface area contributed by atoms with Crippen LogP contribution in [-0.2, 0) is 16.1 Å². The predicted molar refractivity (Wildman–Crippen MR) is 85.9 cm³/mol. The van der Waals surface area contributed by atoms with Gasteiger partial charge in [-0.3, -0.25) is 9.69 Å². The van der Waals surface area contributed by atoms with Crippen molar-refractivity contribution in [1.29, 1.82) is 0 Å². The van der Waals surface area contributed by atoms with Gasteiger partial charge in [0.25, 0.3) is 0 Å². The van der Waals surface area contributed by atoms with Crippen LogP contribution in [0.15, 0.2) is 16.5 Å². The van der Waals surface area contributed by atoms with Crippen LogP contribution in [0.1, 0.15) is 37.2 Å². The molecule has 0 aliphatic carbocycles. The van der Waals surface area contributed by atoms with Gasteiger partial charge in [0.15, 0.2) is 0 Å². The summed E-state index contributed by atoms with van der Waals surface area (Å²) in [6, 6.07) is 4.29. The molecular formula is C18H26N2O3. The third-order valence-corrected chi connectivity index (χ3v) is 5.50. The molecule has 0 saturated carbocycles. The lowest BCUT2D eigenvalue weighted by atomic mass is 9.84. The molecule has 1 aromatic heterocycles. The second-order valence-corrected chi connectivity index (χ2v) is 7.20. The van der Waals surface area contributed by atoms with Crippen molar-refractivity contribution in [1.82, 2.24) is 9.80 Å². The van der Waals surface area contributed by atoms with Crippen LogP contribution in [0.2, 0.25) is 0 Å². The average molecular weight is 318 g/mol. The minimum atomic E-state index is 0.208. The number of piperidine rings is 1. The van der Waals surface area contributed by atoms with E-state index in [0.717, 1.165) is 57.1 Å². The Bertz CT molecular complexity index is 570. The number of furan rings is 1. The lowest BCUT2D eigenvalue weighted by Gasteiger charge is -2.48. The van der Waals surface area contributed by atoms with Crippen molar-refractivity contribution in [2.75, 3.05) is 26.2 Å². The van der Waals surface area contributed by atoms with Gasteiger partial charge in [0.05, 0.1) is 18.7 Å². The third kappa shape index (κ3) is 3.04. The number of likely N-dealkylation sites (tertiary alicyclic amines) is 2. The van der Waals surface area contributed by atoms with Gasteiger partial charge < -0.3 is 14.1 Å². The molecule has 4 heterocycles. The Kier molecular flexibility index (Phi) is 4.16. The van der Waals surface area contributed by atoms with Crippen LogP contribution in [0, 0.1) is 12.8 Å². The van der Waals surface area contributed by atoms with E-state index in [-0.39, 0.29) is 12.1 Å². The van der Waals surface area contributed by atoms with E-state index in [1.54, 1.807) is 0 Å². The molecule has 5 nitrogen and oxygen atoms in total. The monoisotopic (exact) mass is 318 g/mol. The fraction of sp³-hybridized carbons (Fsp3) is 0.722. The summed E-state index contributed by atoms with van der Waals surface area (Å²) in [7, 11) is 0. The van der Waals surface area contributed by atoms with E-state index in [9.17, 15) is 4.79 Å². The maximum absolute atomic E-state index is 12.2. The molecule has 3 saturated heterocycles. The van der Waals surface area contributed by atoms with E-state index in [2.05, 4.69) is 15.9 Å². The first-order valence-corrected chi connectivity index (χ1v) is 8.89. The molecule has 126 valence electrons. The number of fused-ring (bicyclic) bond motifs is 1. The highest BCUT2D eigenvalue weighted by Gasteiger charge is 2.44. The van der Waals surface area contributed by atoms with Gasteiger partial charge in [0.1, 0.15) is 11.5 Å². The summed E-state index contributed by atoms with van der Waals surface area (Å²) in [4.78, 5) is 16.8. The maximum atomic E-state index is 12.2. The molecule has 4 rings (SSSR count). The molecule has 1 amide bonds. The zero-order valence-electron chi connectivity index (χ0n) is 13.9. The topological polar surface area (TPSA) is 45.9 Å². The Balaban J connectivity index is 1.52. The Morgan fingerprint density at radius 2 is 2.17 bits per heavy atom. The van der Waals surface area contributed by atoms with E-state index in [1.807, 2.05) is 13.0 Å². The highest BCUT2D eigenvalue weighted by atomic mass is 16.5. The molecule has 0 N–H and O–H groups in total. The summed E-state index contributed by atoms with van der Waals surface area (Å²) in [6.07, 6.45) is 4.25. The summed E-state index contributed by atoms with van der Waals surface area (Å²) < 4.78 is 11.9. The van der Waals surface area contributed by atoms with Crippen molar-refractivity contribution >= 4 is 5.91 Å². The quantitative estimate of drug-likeness (QED) is 0.857. The van der Waals surface area contributed by atoms with Crippen molar-refractivity contribution in [2.45, 2.75) is 51.3 Å². The molecule has 5 heteroatoms. The van der Waals surface area contributed by atoms with Crippen molar-refractivity contribution in [3.8, 4) is 0 Å². The summed E-state index contributed by atoms with van der Waals surface area (Å²) in [5, 5.41) is 0. The molecular weight excluding hydrogens is 292 g/mol. The zero-order valence-corrected chi connectivity index (χ0v) is 13.9. The number of rotatable bonds is 3. The van der Waals surface area contributed by atoms with Gasteiger partial charge in [0.2, 0.25) is 5.91 Å². The van der Waals surface area contributed by atoms with E-state index in [4.69, 9.17) is 9.15 Å². The number of amides is 1. The van der Waals surface area contributed by atoms with Gasteiger partial charge >= 0.3 is 0 Å². The predicted octanol–water partition coefficient (Wildman–Crippen LogP) is 2.19. The van der Waals surface area contributed by atoms with Crippen LogP contribution in [0.5, 0.6) is 0 Å². The fourth-order valence-corrected chi connectivity index (χ4v) is 4.48. The fourth-order valence-electron chi connectivity index (χ4n) is 4.48. The Labute approximate surface area is 137 Å². The SMILES string of the molecule is Cc1ccc(CN2C[C@@H]3CCCO[C@@H]3[C@H](N3CCCC3=O)C2)o1. The largest absolute Gasteiger partial charge is 0.465 e. The number of aryl methyl sites for hydroxylation is 1. The summed E-state index contributed by atoms with van der Waals surface area (Å²) in [5.74, 6) is 2.82. The van der Waals surface area contributed by atoms with Crippen LogP contribution in [-0.4, -0.2) is 54.1 Å². The minimum Gasteiger partial charge on any atom is -0.465 e. The average Bonchev–Trinajstić information content (AvgIpc) is 3.15. The van der Waals surface area contributed by atoms with Gasteiger partial charge in [-0.05, 0) is 44.2 Å². The van der Waals surface area contributed by atoms with Crippen LogP contribution >= 0.6 is 0 Å². The van der Waals surface area contributed by atoms with E-state index in [1.165, 1.54) is 6.42 Å². The first kappa shape index (κ1) is 15.2. The number of hydrogen-bond acceptors (Lipinski definition) is 4. The second kappa shape index (κ2) is 6.29. The normalized spacial score (nSPS) is 32.3. The van der Waals surface area contributed by atoms with Gasteiger partial charge in [0, 0.05) is 32.7 Å². The van der Waals surface area contributed by atoms with Crippen molar-refractivity contribution < 1.29 is 13.9 Å². The number of carbonyl (C=O) groups excluding carboxylic acids is 1. The third-order valence-electron chi connectivity index (χ3n) is 5.50. The van der Waals surface area contributed by atoms with E-state index >= 15 is 0 Å².